The number of benzene rings is 3. The topological polar surface area (TPSA) is 89.0 Å². The quantitative estimate of drug-likeness (QED) is 0.238. The predicted octanol–water partition coefficient (Wildman–Crippen LogP) is 5.46. The number of hydrogen-bond donors (Lipinski definition) is 2. The molecule has 0 aliphatic heterocycles. The van der Waals surface area contributed by atoms with Gasteiger partial charge in [-0.25, -0.2) is 5.43 Å². The number of rotatable bonds is 10. The lowest BCUT2D eigenvalue weighted by Gasteiger charge is -2.15. The van der Waals surface area contributed by atoms with E-state index in [1.165, 1.54) is 6.21 Å². The molecule has 0 saturated heterocycles. The number of hydrogen-bond acceptors (Lipinski definition) is 5. The Hall–Kier alpha value is -3.17. The first-order chi connectivity index (χ1) is 16.9. The molecule has 0 aromatic heterocycles. The van der Waals surface area contributed by atoms with Gasteiger partial charge in [0, 0.05) is 4.47 Å². The van der Waals surface area contributed by atoms with Crippen molar-refractivity contribution in [1.82, 2.24) is 10.7 Å². The summed E-state index contributed by atoms with van der Waals surface area (Å²) in [5, 5.41) is 6.68. The van der Waals surface area contributed by atoms with Crippen LogP contribution < -0.4 is 20.2 Å². The maximum atomic E-state index is 12.4. The van der Waals surface area contributed by atoms with E-state index in [1.54, 1.807) is 31.2 Å². The number of nitrogens with one attached hydrogen (secondary N) is 2. The summed E-state index contributed by atoms with van der Waals surface area (Å²) in [7, 11) is 0. The Bertz CT molecular complexity index is 1200. The van der Waals surface area contributed by atoms with Gasteiger partial charge >= 0.3 is 0 Å². The van der Waals surface area contributed by atoms with Gasteiger partial charge in [0.05, 0.1) is 22.9 Å². The van der Waals surface area contributed by atoms with Crippen molar-refractivity contribution < 1.29 is 19.1 Å². The zero-order chi connectivity index (χ0) is 25.2. The predicted molar refractivity (Wildman–Crippen MR) is 143 cm³/mol. The molecule has 2 amide bonds. The summed E-state index contributed by atoms with van der Waals surface area (Å²) < 4.78 is 13.1. The van der Waals surface area contributed by atoms with E-state index >= 15 is 0 Å². The average Bonchev–Trinajstić information content (AvgIpc) is 2.84. The molecule has 0 bridgehead atoms. The Labute approximate surface area is 221 Å². The molecule has 182 valence electrons. The van der Waals surface area contributed by atoms with Gasteiger partial charge in [-0.15, -0.1) is 0 Å². The number of carbonyl (C=O) groups excluding carboxylic acids is 2. The number of hydrazone groups is 1. The van der Waals surface area contributed by atoms with Crippen LogP contribution in [0.5, 0.6) is 11.5 Å². The van der Waals surface area contributed by atoms with E-state index in [-0.39, 0.29) is 5.91 Å². The first-order valence-electron chi connectivity index (χ1n) is 10.9. The lowest BCUT2D eigenvalue weighted by Crippen LogP contribution is -2.43. The van der Waals surface area contributed by atoms with Gasteiger partial charge in [0.25, 0.3) is 11.8 Å². The molecule has 0 fully saturated rings. The van der Waals surface area contributed by atoms with E-state index in [1.807, 2.05) is 49.4 Å². The van der Waals surface area contributed by atoms with Crippen molar-refractivity contribution in [3.8, 4) is 11.5 Å². The van der Waals surface area contributed by atoms with Gasteiger partial charge in [-0.1, -0.05) is 42.5 Å². The van der Waals surface area contributed by atoms with E-state index in [2.05, 4.69) is 47.7 Å². The highest BCUT2D eigenvalue weighted by atomic mass is 79.9. The highest BCUT2D eigenvalue weighted by molar-refractivity contribution is 9.10. The van der Waals surface area contributed by atoms with Gasteiger partial charge in [-0.3, -0.25) is 9.59 Å². The number of carbonyl (C=O) groups is 2. The molecule has 0 radical (unpaired) electrons. The largest absolute Gasteiger partial charge is 0.490 e. The van der Waals surface area contributed by atoms with Crippen LogP contribution in [0, 0.1) is 0 Å². The Kier molecular flexibility index (Phi) is 9.86. The maximum Gasteiger partial charge on any atom is 0.262 e. The van der Waals surface area contributed by atoms with Crippen LogP contribution in [-0.4, -0.2) is 30.7 Å². The van der Waals surface area contributed by atoms with Gasteiger partial charge in [-0.2, -0.15) is 5.10 Å². The molecule has 9 heteroatoms. The van der Waals surface area contributed by atoms with Crippen LogP contribution in [0.1, 0.15) is 35.3 Å². The Morgan fingerprint density at radius 2 is 1.71 bits per heavy atom. The minimum Gasteiger partial charge on any atom is -0.490 e. The molecule has 0 spiro atoms. The minimum atomic E-state index is -0.786. The van der Waals surface area contributed by atoms with E-state index in [0.717, 1.165) is 5.56 Å². The summed E-state index contributed by atoms with van der Waals surface area (Å²) in [4.78, 5) is 24.8. The SMILES string of the molecule is CCOc1cc(C=NNC(=O)C(C)NC(=O)c2ccccc2Br)cc(Br)c1OCc1ccccc1. The fourth-order valence-electron chi connectivity index (χ4n) is 3.05. The average molecular weight is 603 g/mol. The third kappa shape index (κ3) is 7.66. The summed E-state index contributed by atoms with van der Waals surface area (Å²) in [5.74, 6) is 0.328. The maximum absolute atomic E-state index is 12.4. The molecule has 0 saturated carbocycles. The molecule has 7 nitrogen and oxygen atoms in total. The van der Waals surface area contributed by atoms with E-state index in [9.17, 15) is 9.59 Å². The molecule has 0 heterocycles. The van der Waals surface area contributed by atoms with Crippen LogP contribution in [0.15, 0.2) is 80.8 Å². The van der Waals surface area contributed by atoms with Crippen molar-refractivity contribution in [1.29, 1.82) is 0 Å². The third-order valence-corrected chi connectivity index (χ3v) is 6.09. The molecular formula is C26H25Br2N3O4. The number of nitrogens with zero attached hydrogens (tertiary/aromatic N) is 1. The second-order valence-corrected chi connectivity index (χ2v) is 9.16. The van der Waals surface area contributed by atoms with Crippen molar-refractivity contribution in [2.24, 2.45) is 5.10 Å². The number of halogens is 2. The van der Waals surface area contributed by atoms with Crippen LogP contribution in [-0.2, 0) is 11.4 Å². The van der Waals surface area contributed by atoms with Crippen LogP contribution in [0.2, 0.25) is 0 Å². The van der Waals surface area contributed by atoms with Crippen molar-refractivity contribution in [2.45, 2.75) is 26.5 Å². The zero-order valence-corrected chi connectivity index (χ0v) is 22.4. The molecule has 0 aliphatic rings. The summed E-state index contributed by atoms with van der Waals surface area (Å²) >= 11 is 6.87. The van der Waals surface area contributed by atoms with Crippen molar-refractivity contribution in [3.05, 3.63) is 92.4 Å². The fourth-order valence-corrected chi connectivity index (χ4v) is 4.09. The van der Waals surface area contributed by atoms with Crippen LogP contribution in [0.4, 0.5) is 0 Å². The monoisotopic (exact) mass is 601 g/mol. The highest BCUT2D eigenvalue weighted by Gasteiger charge is 2.18. The fraction of sp³-hybridized carbons (Fsp3) is 0.192. The molecule has 0 aliphatic carbocycles. The smallest absolute Gasteiger partial charge is 0.262 e. The van der Waals surface area contributed by atoms with Crippen molar-refractivity contribution >= 4 is 49.9 Å². The van der Waals surface area contributed by atoms with Crippen LogP contribution in [0.25, 0.3) is 0 Å². The van der Waals surface area contributed by atoms with Gasteiger partial charge in [0.15, 0.2) is 11.5 Å². The summed E-state index contributed by atoms with van der Waals surface area (Å²) in [6.07, 6.45) is 1.49. The molecule has 35 heavy (non-hydrogen) atoms. The first kappa shape index (κ1) is 26.4. The standard InChI is InChI=1S/C26H25Br2N3O4/c1-3-34-23-14-19(13-22(28)24(23)35-16-18-9-5-4-6-10-18)15-29-31-25(32)17(2)30-26(33)20-11-7-8-12-21(20)27/h4-15,17H,3,16H2,1-2H3,(H,30,33)(H,31,32). The number of ether oxygens (including phenoxy) is 2. The molecule has 1 unspecified atom stereocenters. The van der Waals surface area contributed by atoms with Crippen molar-refractivity contribution in [2.75, 3.05) is 6.61 Å². The Morgan fingerprint density at radius 3 is 2.43 bits per heavy atom. The summed E-state index contributed by atoms with van der Waals surface area (Å²) in [6, 6.07) is 19.6. The van der Waals surface area contributed by atoms with Gasteiger partial charge < -0.3 is 14.8 Å². The first-order valence-corrected chi connectivity index (χ1v) is 12.5. The van der Waals surface area contributed by atoms with Crippen molar-refractivity contribution in [3.63, 3.8) is 0 Å². The normalized spacial score (nSPS) is 11.7. The lowest BCUT2D eigenvalue weighted by atomic mass is 10.2. The molecule has 2 N–H and O–H groups in total. The van der Waals surface area contributed by atoms with E-state index in [0.29, 0.717) is 44.8 Å². The molecule has 3 aromatic rings. The number of amides is 2. The summed E-state index contributed by atoms with van der Waals surface area (Å²) in [5.41, 5.74) is 4.62. The Balaban J connectivity index is 1.62. The lowest BCUT2D eigenvalue weighted by molar-refractivity contribution is -0.122. The molecule has 3 aromatic carbocycles. The van der Waals surface area contributed by atoms with Crippen LogP contribution in [0.3, 0.4) is 0 Å². The second kappa shape index (κ2) is 13.1. The summed E-state index contributed by atoms with van der Waals surface area (Å²) in [6.45, 7) is 4.33. The molecule has 1 atom stereocenters. The second-order valence-electron chi connectivity index (χ2n) is 7.45. The molecule has 3 rings (SSSR count). The zero-order valence-electron chi connectivity index (χ0n) is 19.3. The van der Waals surface area contributed by atoms with Gasteiger partial charge in [0.2, 0.25) is 0 Å². The highest BCUT2D eigenvalue weighted by Crippen LogP contribution is 2.37. The van der Waals surface area contributed by atoms with Gasteiger partial charge in [-0.05, 0) is 81.1 Å². The van der Waals surface area contributed by atoms with Gasteiger partial charge in [0.1, 0.15) is 12.6 Å². The third-order valence-electron chi connectivity index (χ3n) is 4.81. The van der Waals surface area contributed by atoms with E-state index < -0.39 is 11.9 Å². The minimum absolute atomic E-state index is 0.361. The Morgan fingerprint density at radius 1 is 1.00 bits per heavy atom. The van der Waals surface area contributed by atoms with E-state index in [4.69, 9.17) is 9.47 Å². The molecular weight excluding hydrogens is 578 g/mol. The van der Waals surface area contributed by atoms with Crippen LogP contribution >= 0.6 is 31.9 Å².